The maximum absolute atomic E-state index is 12.2. The lowest BCUT2D eigenvalue weighted by Crippen LogP contribution is -2.47. The molecule has 1 aliphatic heterocycles. The number of hydrogen-bond donors (Lipinski definition) is 1. The zero-order chi connectivity index (χ0) is 17.2. The third kappa shape index (κ3) is 3.55. The predicted octanol–water partition coefficient (Wildman–Crippen LogP) is 4.33. The van der Waals surface area contributed by atoms with E-state index in [0.717, 1.165) is 30.9 Å². The quantitative estimate of drug-likeness (QED) is 0.822. The summed E-state index contributed by atoms with van der Waals surface area (Å²) >= 11 is 1.52. The maximum atomic E-state index is 12.2. The number of phenols is 1. The molecule has 1 fully saturated rings. The molecule has 0 saturated carbocycles. The van der Waals surface area contributed by atoms with Gasteiger partial charge < -0.3 is 10.0 Å². The van der Waals surface area contributed by atoms with Crippen LogP contribution < -0.4 is 0 Å². The van der Waals surface area contributed by atoms with Crippen LogP contribution in [0, 0.1) is 5.92 Å². The summed E-state index contributed by atoms with van der Waals surface area (Å²) in [6, 6.07) is 11.5. The number of likely N-dealkylation sites (tertiary alicyclic amines) is 1. The lowest BCUT2D eigenvalue weighted by molar-refractivity contribution is 0.0890. The zero-order valence-corrected chi connectivity index (χ0v) is 15.2. The molecular weight excluding hydrogens is 318 g/mol. The molecule has 3 nitrogen and oxygen atoms in total. The number of Topliss-reactive ketones (excluding diaryl/α,β-unsaturated/α-hetero) is 1. The number of thiophene rings is 1. The average Bonchev–Trinajstić information content (AvgIpc) is 3.10. The molecular formula is C20H25NO2S. The van der Waals surface area contributed by atoms with Gasteiger partial charge in [0.15, 0.2) is 5.78 Å². The minimum atomic E-state index is 0.0764. The van der Waals surface area contributed by atoms with E-state index in [1.54, 1.807) is 6.07 Å². The van der Waals surface area contributed by atoms with Gasteiger partial charge in [-0.3, -0.25) is 4.79 Å². The van der Waals surface area contributed by atoms with Crippen molar-refractivity contribution in [1.29, 1.82) is 0 Å². The van der Waals surface area contributed by atoms with Gasteiger partial charge in [0.2, 0.25) is 0 Å². The Morgan fingerprint density at radius 2 is 2.21 bits per heavy atom. The van der Waals surface area contributed by atoms with Crippen LogP contribution in [-0.2, 0) is 5.41 Å². The van der Waals surface area contributed by atoms with Crippen molar-refractivity contribution < 1.29 is 9.90 Å². The highest BCUT2D eigenvalue weighted by atomic mass is 32.1. The van der Waals surface area contributed by atoms with Crippen LogP contribution in [0.1, 0.15) is 41.9 Å². The molecule has 2 atom stereocenters. The number of carbonyl (C=O) groups is 1. The highest BCUT2D eigenvalue weighted by molar-refractivity contribution is 7.12. The summed E-state index contributed by atoms with van der Waals surface area (Å²) in [5.41, 5.74) is 1.29. The Hall–Kier alpha value is -1.65. The molecule has 0 aliphatic carbocycles. The number of benzene rings is 1. The predicted molar refractivity (Wildman–Crippen MR) is 98.9 cm³/mol. The number of carbonyl (C=O) groups excluding carboxylic acids is 1. The van der Waals surface area contributed by atoms with E-state index in [9.17, 15) is 9.90 Å². The second kappa shape index (κ2) is 7.08. The lowest BCUT2D eigenvalue weighted by atomic mass is 9.68. The first-order valence-corrected chi connectivity index (χ1v) is 9.45. The standard InChI is InChI=1S/C20H25NO2S/c1-15-14-21(10-8-18(23)19-7-4-12-24-19)11-9-20(15,2)16-5-3-6-17(22)13-16/h3-7,12-13,15,22H,8-11,14H2,1-2H3/t15-,20-/m0/s1. The molecule has 0 bridgehead atoms. The van der Waals surface area contributed by atoms with E-state index in [4.69, 9.17) is 0 Å². The monoisotopic (exact) mass is 343 g/mol. The summed E-state index contributed by atoms with van der Waals surface area (Å²) in [5, 5.41) is 11.7. The fourth-order valence-corrected chi connectivity index (χ4v) is 4.32. The van der Waals surface area contributed by atoms with Gasteiger partial charge in [-0.05, 0) is 53.4 Å². The summed E-state index contributed by atoms with van der Waals surface area (Å²) < 4.78 is 0. The molecule has 1 aromatic carbocycles. The lowest BCUT2D eigenvalue weighted by Gasteiger charge is -2.45. The molecule has 128 valence electrons. The normalized spacial score (nSPS) is 24.8. The first-order chi connectivity index (χ1) is 11.5. The Kier molecular flexibility index (Phi) is 5.07. The molecule has 3 rings (SSSR count). The Balaban J connectivity index is 1.60. The Labute approximate surface area is 147 Å². The molecule has 1 saturated heterocycles. The summed E-state index contributed by atoms with van der Waals surface area (Å²) in [7, 11) is 0. The van der Waals surface area contributed by atoms with E-state index >= 15 is 0 Å². The second-order valence-corrected chi connectivity index (χ2v) is 8.02. The van der Waals surface area contributed by atoms with Gasteiger partial charge in [0.1, 0.15) is 5.75 Å². The number of hydrogen-bond acceptors (Lipinski definition) is 4. The van der Waals surface area contributed by atoms with Crippen molar-refractivity contribution in [2.75, 3.05) is 19.6 Å². The first-order valence-electron chi connectivity index (χ1n) is 8.57. The van der Waals surface area contributed by atoms with Gasteiger partial charge in [0.05, 0.1) is 4.88 Å². The molecule has 0 radical (unpaired) electrons. The van der Waals surface area contributed by atoms with Gasteiger partial charge in [-0.1, -0.05) is 32.0 Å². The summed E-state index contributed by atoms with van der Waals surface area (Å²) in [4.78, 5) is 15.4. The van der Waals surface area contributed by atoms with Crippen molar-refractivity contribution in [3.8, 4) is 5.75 Å². The van der Waals surface area contributed by atoms with Gasteiger partial charge in [0.25, 0.3) is 0 Å². The molecule has 0 amide bonds. The van der Waals surface area contributed by atoms with E-state index in [0.29, 0.717) is 18.1 Å². The molecule has 0 spiro atoms. The van der Waals surface area contributed by atoms with E-state index in [1.165, 1.54) is 16.9 Å². The molecule has 2 heterocycles. The number of ketones is 1. The van der Waals surface area contributed by atoms with Crippen LogP contribution in [0.25, 0.3) is 0 Å². The molecule has 1 aromatic heterocycles. The minimum Gasteiger partial charge on any atom is -0.508 e. The fraction of sp³-hybridized carbons (Fsp3) is 0.450. The highest BCUT2D eigenvalue weighted by Gasteiger charge is 2.38. The van der Waals surface area contributed by atoms with Crippen molar-refractivity contribution in [3.05, 3.63) is 52.2 Å². The van der Waals surface area contributed by atoms with Crippen LogP contribution in [0.4, 0.5) is 0 Å². The van der Waals surface area contributed by atoms with Gasteiger partial charge in [-0.2, -0.15) is 0 Å². The van der Waals surface area contributed by atoms with Crippen LogP contribution >= 0.6 is 11.3 Å². The SMILES string of the molecule is C[C@H]1CN(CCC(=O)c2cccs2)CC[C@]1(C)c1cccc(O)c1. The van der Waals surface area contributed by atoms with Crippen LogP contribution in [0.2, 0.25) is 0 Å². The molecule has 1 aliphatic rings. The fourth-order valence-electron chi connectivity index (χ4n) is 3.63. The van der Waals surface area contributed by atoms with Crippen molar-refractivity contribution >= 4 is 17.1 Å². The third-order valence-corrected chi connectivity index (χ3v) is 6.43. The molecule has 2 aromatic rings. The number of aromatic hydroxyl groups is 1. The molecule has 1 N–H and O–H groups in total. The number of nitrogens with zero attached hydrogens (tertiary/aromatic N) is 1. The van der Waals surface area contributed by atoms with Crippen LogP contribution in [0.5, 0.6) is 5.75 Å². The smallest absolute Gasteiger partial charge is 0.174 e. The van der Waals surface area contributed by atoms with Crippen molar-refractivity contribution in [2.24, 2.45) is 5.92 Å². The van der Waals surface area contributed by atoms with Crippen molar-refractivity contribution in [1.82, 2.24) is 4.90 Å². The Bertz CT molecular complexity index is 697. The van der Waals surface area contributed by atoms with Gasteiger partial charge >= 0.3 is 0 Å². The largest absolute Gasteiger partial charge is 0.508 e. The van der Waals surface area contributed by atoms with Gasteiger partial charge in [-0.25, -0.2) is 0 Å². The first kappa shape index (κ1) is 17.2. The molecule has 24 heavy (non-hydrogen) atoms. The molecule has 4 heteroatoms. The summed E-state index contributed by atoms with van der Waals surface area (Å²) in [5.74, 6) is 1.06. The van der Waals surface area contributed by atoms with Gasteiger partial charge in [0, 0.05) is 19.5 Å². The van der Waals surface area contributed by atoms with Crippen molar-refractivity contribution in [3.63, 3.8) is 0 Å². The number of piperidine rings is 1. The second-order valence-electron chi connectivity index (χ2n) is 7.07. The van der Waals surface area contributed by atoms with Gasteiger partial charge in [-0.15, -0.1) is 11.3 Å². The van der Waals surface area contributed by atoms with E-state index in [1.807, 2.05) is 29.6 Å². The topological polar surface area (TPSA) is 40.5 Å². The molecule has 0 unspecified atom stereocenters. The maximum Gasteiger partial charge on any atom is 0.174 e. The van der Waals surface area contributed by atoms with Crippen LogP contribution in [0.3, 0.4) is 0 Å². The van der Waals surface area contributed by atoms with Crippen LogP contribution in [0.15, 0.2) is 41.8 Å². The van der Waals surface area contributed by atoms with E-state index in [2.05, 4.69) is 24.8 Å². The van der Waals surface area contributed by atoms with E-state index in [-0.39, 0.29) is 11.2 Å². The highest BCUT2D eigenvalue weighted by Crippen LogP contribution is 2.40. The average molecular weight is 343 g/mol. The van der Waals surface area contributed by atoms with Crippen molar-refractivity contribution in [2.45, 2.75) is 32.1 Å². The Morgan fingerprint density at radius 3 is 2.88 bits per heavy atom. The number of phenolic OH excluding ortho intramolecular Hbond substituents is 1. The van der Waals surface area contributed by atoms with Crippen LogP contribution in [-0.4, -0.2) is 35.4 Å². The Morgan fingerprint density at radius 1 is 1.38 bits per heavy atom. The summed E-state index contributed by atoms with van der Waals surface area (Å²) in [6.45, 7) is 7.38. The third-order valence-electron chi connectivity index (χ3n) is 5.52. The summed E-state index contributed by atoms with van der Waals surface area (Å²) in [6.07, 6.45) is 1.64. The zero-order valence-electron chi connectivity index (χ0n) is 14.4. The minimum absolute atomic E-state index is 0.0764. The number of rotatable bonds is 5. The van der Waals surface area contributed by atoms with E-state index < -0.39 is 0 Å².